The Hall–Kier alpha value is -2.50. The Labute approximate surface area is 129 Å². The highest BCUT2D eigenvalue weighted by Gasteiger charge is 2.21. The van der Waals surface area contributed by atoms with Crippen molar-refractivity contribution in [2.75, 3.05) is 18.4 Å². The van der Waals surface area contributed by atoms with E-state index in [9.17, 15) is 4.79 Å². The fourth-order valence-electron chi connectivity index (χ4n) is 2.52. The minimum atomic E-state index is -0.00467. The maximum atomic E-state index is 12.4. The first-order chi connectivity index (χ1) is 10.7. The van der Waals surface area contributed by atoms with E-state index in [1.807, 2.05) is 24.0 Å². The Kier molecular flexibility index (Phi) is 4.27. The molecule has 0 saturated carbocycles. The number of anilines is 1. The summed E-state index contributed by atoms with van der Waals surface area (Å²) in [6, 6.07) is 5.61. The van der Waals surface area contributed by atoms with Gasteiger partial charge in [0.05, 0.1) is 0 Å². The number of carbonyl (C=O) groups excluding carboxylic acids is 1. The van der Waals surface area contributed by atoms with Crippen LogP contribution in [0.1, 0.15) is 34.6 Å². The first-order valence-electron chi connectivity index (χ1n) is 7.50. The molecule has 0 bridgehead atoms. The molecule has 2 aromatic heterocycles. The molecule has 1 saturated heterocycles. The second-order valence-corrected chi connectivity index (χ2v) is 5.43. The Morgan fingerprint density at radius 2 is 1.95 bits per heavy atom. The Morgan fingerprint density at radius 3 is 2.68 bits per heavy atom. The zero-order valence-corrected chi connectivity index (χ0v) is 12.6. The number of likely N-dealkylation sites (tertiary alicyclic amines) is 1. The molecule has 6 nitrogen and oxygen atoms in total. The van der Waals surface area contributed by atoms with Gasteiger partial charge in [-0.25, -0.2) is 9.97 Å². The molecule has 1 amide bonds. The monoisotopic (exact) mass is 297 g/mol. The number of nitrogens with one attached hydrogen (secondary N) is 1. The van der Waals surface area contributed by atoms with Crippen LogP contribution in [0.15, 0.2) is 30.6 Å². The van der Waals surface area contributed by atoms with Crippen molar-refractivity contribution in [1.82, 2.24) is 19.9 Å². The molecule has 3 rings (SSSR count). The normalized spacial score (nSPS) is 14.1. The highest BCUT2D eigenvalue weighted by Crippen LogP contribution is 2.14. The number of aryl methyl sites for hydroxylation is 1. The number of pyridine rings is 1. The van der Waals surface area contributed by atoms with Crippen molar-refractivity contribution in [2.45, 2.75) is 26.3 Å². The second-order valence-electron chi connectivity index (χ2n) is 5.43. The van der Waals surface area contributed by atoms with Crippen LogP contribution in [0.4, 0.5) is 5.95 Å². The molecule has 0 unspecified atom stereocenters. The molecule has 114 valence electrons. The van der Waals surface area contributed by atoms with Crippen LogP contribution in [0, 0.1) is 6.92 Å². The minimum Gasteiger partial charge on any atom is -0.350 e. The summed E-state index contributed by atoms with van der Waals surface area (Å²) in [4.78, 5) is 27.0. The lowest BCUT2D eigenvalue weighted by Crippen LogP contribution is -2.28. The average Bonchev–Trinajstić information content (AvgIpc) is 3.07. The van der Waals surface area contributed by atoms with Crippen LogP contribution >= 0.6 is 0 Å². The highest BCUT2D eigenvalue weighted by atomic mass is 16.2. The smallest absolute Gasteiger partial charge is 0.272 e. The molecule has 22 heavy (non-hydrogen) atoms. The standard InChI is InChI=1S/C16H19N5O/c1-12-10-14(15(22)21-8-2-3-9-21)20-16(19-12)18-11-13-4-6-17-7-5-13/h4-7,10H,2-3,8-9,11H2,1H3,(H,18,19,20). The van der Waals surface area contributed by atoms with Gasteiger partial charge < -0.3 is 10.2 Å². The molecule has 1 fully saturated rings. The fourth-order valence-corrected chi connectivity index (χ4v) is 2.52. The Balaban J connectivity index is 1.73. The fraction of sp³-hybridized carbons (Fsp3) is 0.375. The minimum absolute atomic E-state index is 0.00467. The Morgan fingerprint density at radius 1 is 1.23 bits per heavy atom. The lowest BCUT2D eigenvalue weighted by molar-refractivity contribution is 0.0787. The quantitative estimate of drug-likeness (QED) is 0.935. The van der Waals surface area contributed by atoms with E-state index in [0.29, 0.717) is 18.2 Å². The molecule has 1 aliphatic heterocycles. The van der Waals surface area contributed by atoms with Crippen molar-refractivity contribution in [3.63, 3.8) is 0 Å². The number of hydrogen-bond donors (Lipinski definition) is 1. The van der Waals surface area contributed by atoms with Gasteiger partial charge >= 0.3 is 0 Å². The third-order valence-electron chi connectivity index (χ3n) is 3.67. The summed E-state index contributed by atoms with van der Waals surface area (Å²) in [6.45, 7) is 4.12. The number of amides is 1. The van der Waals surface area contributed by atoms with Crippen molar-refractivity contribution in [3.05, 3.63) is 47.5 Å². The maximum absolute atomic E-state index is 12.4. The lowest BCUT2D eigenvalue weighted by Gasteiger charge is -2.15. The van der Waals surface area contributed by atoms with Crippen LogP contribution in [0.3, 0.4) is 0 Å². The summed E-state index contributed by atoms with van der Waals surface area (Å²) < 4.78 is 0. The molecule has 0 aliphatic carbocycles. The number of carbonyl (C=O) groups is 1. The van der Waals surface area contributed by atoms with Crippen LogP contribution in [0.25, 0.3) is 0 Å². The molecule has 1 N–H and O–H groups in total. The zero-order chi connectivity index (χ0) is 15.4. The topological polar surface area (TPSA) is 71.0 Å². The van der Waals surface area contributed by atoms with Gasteiger partial charge in [0.15, 0.2) is 0 Å². The van der Waals surface area contributed by atoms with Gasteiger partial charge in [0.25, 0.3) is 5.91 Å². The van der Waals surface area contributed by atoms with E-state index in [1.165, 1.54) is 0 Å². The van der Waals surface area contributed by atoms with E-state index >= 15 is 0 Å². The van der Waals surface area contributed by atoms with Gasteiger partial charge in [-0.05, 0) is 43.5 Å². The SMILES string of the molecule is Cc1cc(C(=O)N2CCCC2)nc(NCc2ccncc2)n1. The molecule has 0 spiro atoms. The van der Waals surface area contributed by atoms with Crippen molar-refractivity contribution in [3.8, 4) is 0 Å². The lowest BCUT2D eigenvalue weighted by atomic mass is 10.3. The molecule has 3 heterocycles. The first-order valence-corrected chi connectivity index (χ1v) is 7.50. The van der Waals surface area contributed by atoms with Gasteiger partial charge in [-0.2, -0.15) is 0 Å². The van der Waals surface area contributed by atoms with Crippen molar-refractivity contribution < 1.29 is 4.79 Å². The second kappa shape index (κ2) is 6.51. The molecule has 6 heteroatoms. The first kappa shape index (κ1) is 14.4. The van der Waals surface area contributed by atoms with Gasteiger partial charge in [-0.3, -0.25) is 9.78 Å². The summed E-state index contributed by atoms with van der Waals surface area (Å²) >= 11 is 0. The van der Waals surface area contributed by atoms with E-state index in [0.717, 1.165) is 37.2 Å². The highest BCUT2D eigenvalue weighted by molar-refractivity contribution is 5.92. The molecular weight excluding hydrogens is 278 g/mol. The third-order valence-corrected chi connectivity index (χ3v) is 3.67. The van der Waals surface area contributed by atoms with Gasteiger partial charge in [0.1, 0.15) is 5.69 Å². The van der Waals surface area contributed by atoms with Crippen LogP contribution in [0.5, 0.6) is 0 Å². The summed E-state index contributed by atoms with van der Waals surface area (Å²) in [5.41, 5.74) is 2.34. The van der Waals surface area contributed by atoms with Crippen molar-refractivity contribution >= 4 is 11.9 Å². The summed E-state index contributed by atoms with van der Waals surface area (Å²) in [7, 11) is 0. The maximum Gasteiger partial charge on any atom is 0.272 e. The Bertz CT molecular complexity index is 653. The van der Waals surface area contributed by atoms with Gasteiger partial charge in [-0.15, -0.1) is 0 Å². The van der Waals surface area contributed by atoms with Crippen LogP contribution in [-0.2, 0) is 6.54 Å². The molecular formula is C16H19N5O. The molecule has 2 aromatic rings. The number of rotatable bonds is 4. The predicted octanol–water partition coefficient (Wildman–Crippen LogP) is 2.03. The molecule has 0 atom stereocenters. The number of hydrogen-bond acceptors (Lipinski definition) is 5. The number of aromatic nitrogens is 3. The van der Waals surface area contributed by atoms with Crippen LogP contribution in [-0.4, -0.2) is 38.8 Å². The summed E-state index contributed by atoms with van der Waals surface area (Å²) in [6.07, 6.45) is 5.64. The van der Waals surface area contributed by atoms with Crippen LogP contribution in [0.2, 0.25) is 0 Å². The third kappa shape index (κ3) is 3.39. The van der Waals surface area contributed by atoms with E-state index in [4.69, 9.17) is 0 Å². The van der Waals surface area contributed by atoms with Crippen molar-refractivity contribution in [1.29, 1.82) is 0 Å². The number of nitrogens with zero attached hydrogens (tertiary/aromatic N) is 4. The van der Waals surface area contributed by atoms with Gasteiger partial charge in [0.2, 0.25) is 5.95 Å². The zero-order valence-electron chi connectivity index (χ0n) is 12.6. The van der Waals surface area contributed by atoms with E-state index in [2.05, 4.69) is 20.3 Å². The molecule has 1 aliphatic rings. The molecule has 0 radical (unpaired) electrons. The summed E-state index contributed by atoms with van der Waals surface area (Å²) in [5.74, 6) is 0.481. The van der Waals surface area contributed by atoms with E-state index in [1.54, 1.807) is 18.5 Å². The average molecular weight is 297 g/mol. The predicted molar refractivity (Wildman–Crippen MR) is 83.5 cm³/mol. The van der Waals surface area contributed by atoms with Gasteiger partial charge in [0, 0.05) is 37.7 Å². The largest absolute Gasteiger partial charge is 0.350 e. The van der Waals surface area contributed by atoms with Gasteiger partial charge in [-0.1, -0.05) is 0 Å². The summed E-state index contributed by atoms with van der Waals surface area (Å²) in [5, 5.41) is 3.17. The molecule has 0 aromatic carbocycles. The van der Waals surface area contributed by atoms with Crippen molar-refractivity contribution in [2.24, 2.45) is 0 Å². The van der Waals surface area contributed by atoms with Crippen LogP contribution < -0.4 is 5.32 Å². The van der Waals surface area contributed by atoms with E-state index in [-0.39, 0.29) is 5.91 Å². The van der Waals surface area contributed by atoms with E-state index < -0.39 is 0 Å².